The van der Waals surface area contributed by atoms with Crippen molar-refractivity contribution < 1.29 is 9.90 Å². The molecule has 0 heterocycles. The summed E-state index contributed by atoms with van der Waals surface area (Å²) in [5, 5.41) is 12.1. The molecule has 1 rings (SSSR count). The fourth-order valence-electron chi connectivity index (χ4n) is 1.26. The van der Waals surface area contributed by atoms with Gasteiger partial charge in [-0.1, -0.05) is 6.07 Å². The van der Waals surface area contributed by atoms with Crippen molar-refractivity contribution in [2.24, 2.45) is 5.73 Å². The van der Waals surface area contributed by atoms with Gasteiger partial charge in [0.25, 0.3) is 0 Å². The zero-order valence-electron chi connectivity index (χ0n) is 8.29. The largest absolute Gasteiger partial charge is 0.505 e. The van der Waals surface area contributed by atoms with Crippen molar-refractivity contribution in [1.29, 1.82) is 0 Å². The number of aryl methyl sites for hydroxylation is 2. The smallest absolute Gasteiger partial charge is 0.238 e. The third-order valence-corrected chi connectivity index (χ3v) is 1.90. The Bertz CT molecular complexity index is 361. The topological polar surface area (TPSA) is 75.3 Å². The van der Waals surface area contributed by atoms with Gasteiger partial charge < -0.3 is 16.2 Å². The number of phenols is 1. The Balaban J connectivity index is 3.02. The van der Waals surface area contributed by atoms with Gasteiger partial charge in [-0.3, -0.25) is 4.79 Å². The van der Waals surface area contributed by atoms with Gasteiger partial charge >= 0.3 is 0 Å². The van der Waals surface area contributed by atoms with Crippen LogP contribution in [0.1, 0.15) is 11.1 Å². The molecule has 0 aromatic heterocycles. The number of carbonyl (C=O) groups excluding carboxylic acids is 1. The summed E-state index contributed by atoms with van der Waals surface area (Å²) in [5.74, 6) is -0.220. The van der Waals surface area contributed by atoms with E-state index in [0.29, 0.717) is 5.69 Å². The molecule has 0 aliphatic carbocycles. The number of amides is 1. The van der Waals surface area contributed by atoms with E-state index in [1.807, 2.05) is 13.0 Å². The van der Waals surface area contributed by atoms with Crippen LogP contribution in [0.4, 0.5) is 5.69 Å². The zero-order chi connectivity index (χ0) is 10.7. The summed E-state index contributed by atoms with van der Waals surface area (Å²) in [6.07, 6.45) is 0. The number of benzene rings is 1. The second-order valence-corrected chi connectivity index (χ2v) is 3.23. The summed E-state index contributed by atoms with van der Waals surface area (Å²) in [5.41, 5.74) is 7.28. The van der Waals surface area contributed by atoms with E-state index in [-0.39, 0.29) is 18.2 Å². The minimum absolute atomic E-state index is 0.0908. The first-order chi connectivity index (χ1) is 6.54. The number of nitrogens with two attached hydrogens (primary N) is 1. The molecule has 4 heteroatoms. The maximum atomic E-state index is 11.0. The number of hydrogen-bond donors (Lipinski definition) is 3. The number of anilines is 1. The highest BCUT2D eigenvalue weighted by atomic mass is 16.3. The lowest BCUT2D eigenvalue weighted by Gasteiger charge is -2.09. The summed E-state index contributed by atoms with van der Waals surface area (Å²) in [4.78, 5) is 11.0. The Morgan fingerprint density at radius 3 is 2.71 bits per heavy atom. The van der Waals surface area contributed by atoms with E-state index in [1.54, 1.807) is 13.0 Å². The molecule has 0 bridgehead atoms. The van der Waals surface area contributed by atoms with Crippen LogP contribution in [0.5, 0.6) is 5.75 Å². The van der Waals surface area contributed by atoms with Crippen LogP contribution in [0.2, 0.25) is 0 Å². The van der Waals surface area contributed by atoms with Crippen molar-refractivity contribution in [3.8, 4) is 5.75 Å². The SMILES string of the molecule is Cc1cc(C)c(O)c(NC(=O)CN)c1. The third kappa shape index (κ3) is 2.23. The van der Waals surface area contributed by atoms with Crippen molar-refractivity contribution in [3.63, 3.8) is 0 Å². The van der Waals surface area contributed by atoms with E-state index in [0.717, 1.165) is 11.1 Å². The quantitative estimate of drug-likeness (QED) is 0.612. The van der Waals surface area contributed by atoms with Crippen LogP contribution in [0.25, 0.3) is 0 Å². The lowest BCUT2D eigenvalue weighted by atomic mass is 10.1. The van der Waals surface area contributed by atoms with Crippen LogP contribution >= 0.6 is 0 Å². The molecular weight excluding hydrogens is 180 g/mol. The molecule has 1 amide bonds. The van der Waals surface area contributed by atoms with Gasteiger partial charge in [0.1, 0.15) is 5.75 Å². The van der Waals surface area contributed by atoms with Crippen LogP contribution in [0.15, 0.2) is 12.1 Å². The third-order valence-electron chi connectivity index (χ3n) is 1.90. The number of aromatic hydroxyl groups is 1. The second kappa shape index (κ2) is 4.11. The fourth-order valence-corrected chi connectivity index (χ4v) is 1.26. The van der Waals surface area contributed by atoms with Gasteiger partial charge in [0.15, 0.2) is 0 Å². The van der Waals surface area contributed by atoms with Crippen LogP contribution in [-0.4, -0.2) is 17.6 Å². The number of rotatable bonds is 2. The average Bonchev–Trinajstić information content (AvgIpc) is 2.13. The summed E-state index contributed by atoms with van der Waals surface area (Å²) in [7, 11) is 0. The minimum atomic E-state index is -0.315. The highest BCUT2D eigenvalue weighted by Gasteiger charge is 2.07. The Labute approximate surface area is 82.7 Å². The highest BCUT2D eigenvalue weighted by Crippen LogP contribution is 2.28. The van der Waals surface area contributed by atoms with E-state index in [4.69, 9.17) is 5.73 Å². The molecule has 0 spiro atoms. The number of nitrogens with one attached hydrogen (secondary N) is 1. The first kappa shape index (κ1) is 10.5. The molecule has 0 aliphatic rings. The van der Waals surface area contributed by atoms with Crippen molar-refractivity contribution in [2.75, 3.05) is 11.9 Å². The molecule has 0 saturated carbocycles. The molecule has 0 aliphatic heterocycles. The second-order valence-electron chi connectivity index (χ2n) is 3.23. The fraction of sp³-hybridized carbons (Fsp3) is 0.300. The lowest BCUT2D eigenvalue weighted by Crippen LogP contribution is -2.22. The molecule has 0 radical (unpaired) electrons. The molecule has 0 unspecified atom stereocenters. The van der Waals surface area contributed by atoms with E-state index in [1.165, 1.54) is 0 Å². The summed E-state index contributed by atoms with van der Waals surface area (Å²) in [6.45, 7) is 3.58. The van der Waals surface area contributed by atoms with Gasteiger partial charge in [0, 0.05) is 0 Å². The Morgan fingerprint density at radius 2 is 2.14 bits per heavy atom. The van der Waals surface area contributed by atoms with Crippen LogP contribution < -0.4 is 11.1 Å². The van der Waals surface area contributed by atoms with Gasteiger partial charge in [-0.25, -0.2) is 0 Å². The standard InChI is InChI=1S/C10H14N2O2/c1-6-3-7(2)10(14)8(4-6)12-9(13)5-11/h3-4,14H,5,11H2,1-2H3,(H,12,13). The van der Waals surface area contributed by atoms with Gasteiger partial charge in [-0.05, 0) is 31.0 Å². The Kier molecular flexibility index (Phi) is 3.09. The highest BCUT2D eigenvalue weighted by molar-refractivity contribution is 5.93. The summed E-state index contributed by atoms with van der Waals surface area (Å²) < 4.78 is 0. The number of phenolic OH excluding ortho intramolecular Hbond substituents is 1. The van der Waals surface area contributed by atoms with Crippen molar-refractivity contribution in [1.82, 2.24) is 0 Å². The van der Waals surface area contributed by atoms with Crippen LogP contribution in [-0.2, 0) is 4.79 Å². The van der Waals surface area contributed by atoms with E-state index >= 15 is 0 Å². The van der Waals surface area contributed by atoms with Gasteiger partial charge in [-0.2, -0.15) is 0 Å². The molecule has 1 aromatic carbocycles. The summed E-state index contributed by atoms with van der Waals surface area (Å²) in [6, 6.07) is 3.54. The molecule has 14 heavy (non-hydrogen) atoms. The molecular formula is C10H14N2O2. The summed E-state index contributed by atoms with van der Waals surface area (Å²) >= 11 is 0. The van der Waals surface area contributed by atoms with Crippen LogP contribution in [0, 0.1) is 13.8 Å². The first-order valence-corrected chi connectivity index (χ1v) is 4.34. The first-order valence-electron chi connectivity index (χ1n) is 4.34. The number of hydrogen-bond acceptors (Lipinski definition) is 3. The number of carbonyl (C=O) groups is 1. The Morgan fingerprint density at radius 1 is 1.50 bits per heavy atom. The molecule has 4 nitrogen and oxygen atoms in total. The monoisotopic (exact) mass is 194 g/mol. The van der Waals surface area contributed by atoms with Crippen molar-refractivity contribution in [2.45, 2.75) is 13.8 Å². The molecule has 4 N–H and O–H groups in total. The van der Waals surface area contributed by atoms with Gasteiger partial charge in [0.2, 0.25) is 5.91 Å². The minimum Gasteiger partial charge on any atom is -0.505 e. The Hall–Kier alpha value is -1.55. The molecule has 0 atom stereocenters. The predicted molar refractivity (Wildman–Crippen MR) is 55.3 cm³/mol. The van der Waals surface area contributed by atoms with E-state index in [9.17, 15) is 9.90 Å². The van der Waals surface area contributed by atoms with Crippen LogP contribution in [0.3, 0.4) is 0 Å². The average molecular weight is 194 g/mol. The zero-order valence-corrected chi connectivity index (χ0v) is 8.29. The molecule has 76 valence electrons. The van der Waals surface area contributed by atoms with Gasteiger partial charge in [-0.15, -0.1) is 0 Å². The van der Waals surface area contributed by atoms with E-state index in [2.05, 4.69) is 5.32 Å². The maximum Gasteiger partial charge on any atom is 0.238 e. The van der Waals surface area contributed by atoms with Gasteiger partial charge in [0.05, 0.1) is 12.2 Å². The lowest BCUT2D eigenvalue weighted by molar-refractivity contribution is -0.114. The normalized spacial score (nSPS) is 9.93. The predicted octanol–water partition coefficient (Wildman–Crippen LogP) is 0.906. The van der Waals surface area contributed by atoms with Crippen molar-refractivity contribution >= 4 is 11.6 Å². The molecule has 0 saturated heterocycles. The molecule has 1 aromatic rings. The molecule has 0 fully saturated rings. The maximum absolute atomic E-state index is 11.0. The van der Waals surface area contributed by atoms with Crippen molar-refractivity contribution in [3.05, 3.63) is 23.3 Å². The van der Waals surface area contributed by atoms with E-state index < -0.39 is 0 Å².